The lowest BCUT2D eigenvalue weighted by atomic mass is 10.1. The number of terminal acetylenes is 1. The Morgan fingerprint density at radius 3 is 2.28 bits per heavy atom. The minimum atomic E-state index is -0.712. The van der Waals surface area contributed by atoms with Crippen molar-refractivity contribution in [2.75, 3.05) is 21.3 Å². The number of hydrogen-bond donors (Lipinski definition) is 4. The first kappa shape index (κ1) is 28.2. The SMILES string of the molecule is C#CC[C@H](NC(=O)C(C)NC)C(=O)NC1CCc2ccccc21.COc1cccc(OC)c1C(N)=O. The van der Waals surface area contributed by atoms with E-state index in [1.54, 1.807) is 32.2 Å². The number of hydrogen-bond acceptors (Lipinski definition) is 6. The molecule has 3 rings (SSSR count). The van der Waals surface area contributed by atoms with Crippen LogP contribution in [0, 0.1) is 12.3 Å². The van der Waals surface area contributed by atoms with Crippen LogP contribution < -0.4 is 31.2 Å². The average molecular weight is 495 g/mol. The predicted molar refractivity (Wildman–Crippen MR) is 138 cm³/mol. The fourth-order valence-electron chi connectivity index (χ4n) is 3.83. The summed E-state index contributed by atoms with van der Waals surface area (Å²) in [6.07, 6.45) is 7.33. The molecule has 0 radical (unpaired) electrons. The second-order valence-electron chi connectivity index (χ2n) is 8.18. The van der Waals surface area contributed by atoms with Gasteiger partial charge in [0.2, 0.25) is 11.8 Å². The number of ether oxygens (including phenoxy) is 2. The number of carbonyl (C=O) groups is 3. The van der Waals surface area contributed by atoms with Gasteiger partial charge in [0.15, 0.2) is 0 Å². The van der Waals surface area contributed by atoms with Crippen LogP contribution in [0.2, 0.25) is 0 Å². The Morgan fingerprint density at radius 2 is 1.72 bits per heavy atom. The Labute approximate surface area is 212 Å². The van der Waals surface area contributed by atoms with Crippen molar-refractivity contribution in [3.63, 3.8) is 0 Å². The van der Waals surface area contributed by atoms with E-state index in [4.69, 9.17) is 21.6 Å². The summed E-state index contributed by atoms with van der Waals surface area (Å²) in [6, 6.07) is 12.0. The zero-order valence-corrected chi connectivity index (χ0v) is 21.1. The lowest BCUT2D eigenvalue weighted by Crippen LogP contribution is -2.51. The molecule has 0 spiro atoms. The fraction of sp³-hybridized carbons (Fsp3) is 0.370. The summed E-state index contributed by atoms with van der Waals surface area (Å²) < 4.78 is 9.94. The van der Waals surface area contributed by atoms with Crippen molar-refractivity contribution in [1.29, 1.82) is 0 Å². The van der Waals surface area contributed by atoms with Crippen molar-refractivity contribution in [3.8, 4) is 23.8 Å². The summed E-state index contributed by atoms with van der Waals surface area (Å²) in [5.74, 6) is 2.27. The molecule has 3 amide bonds. The smallest absolute Gasteiger partial charge is 0.256 e. The van der Waals surface area contributed by atoms with E-state index in [-0.39, 0.29) is 35.9 Å². The zero-order valence-electron chi connectivity index (χ0n) is 21.1. The molecule has 192 valence electrons. The monoisotopic (exact) mass is 494 g/mol. The lowest BCUT2D eigenvalue weighted by molar-refractivity contribution is -0.130. The molecule has 0 heterocycles. The van der Waals surface area contributed by atoms with Gasteiger partial charge in [-0.3, -0.25) is 14.4 Å². The van der Waals surface area contributed by atoms with Crippen molar-refractivity contribution in [2.24, 2.45) is 5.73 Å². The molecule has 0 saturated carbocycles. The van der Waals surface area contributed by atoms with Crippen LogP contribution in [-0.2, 0) is 16.0 Å². The van der Waals surface area contributed by atoms with Crippen LogP contribution in [0.4, 0.5) is 0 Å². The Morgan fingerprint density at radius 1 is 1.08 bits per heavy atom. The molecule has 36 heavy (non-hydrogen) atoms. The highest BCUT2D eigenvalue weighted by Crippen LogP contribution is 2.30. The summed E-state index contributed by atoms with van der Waals surface area (Å²) in [7, 11) is 4.64. The second kappa shape index (κ2) is 13.8. The number of nitrogens with one attached hydrogen (secondary N) is 3. The van der Waals surface area contributed by atoms with Crippen molar-refractivity contribution < 1.29 is 23.9 Å². The third-order valence-corrected chi connectivity index (χ3v) is 5.90. The van der Waals surface area contributed by atoms with E-state index in [9.17, 15) is 14.4 Å². The Bertz CT molecular complexity index is 1090. The van der Waals surface area contributed by atoms with Crippen LogP contribution in [0.1, 0.15) is 47.3 Å². The Kier molecular flexibility index (Phi) is 10.8. The molecule has 2 aromatic rings. The molecule has 0 bridgehead atoms. The molecule has 1 aliphatic carbocycles. The molecular weight excluding hydrogens is 460 g/mol. The third kappa shape index (κ3) is 7.23. The number of nitrogens with two attached hydrogens (primary N) is 1. The number of fused-ring (bicyclic) bond motifs is 1. The standard InChI is InChI=1S/C18H23N3O2.C9H11NO3/c1-4-7-16(21-17(22)12(2)19-3)18(23)20-15-11-10-13-8-5-6-9-14(13)15;1-12-6-4-3-5-7(13-2)8(6)9(10)11/h1,5-6,8-9,12,15-16,19H,7,10-11H2,2-3H3,(H,20,23)(H,21,22);3-5H,1-2H3,(H2,10,11)/t12?,15?,16-;/m0./s1. The third-order valence-electron chi connectivity index (χ3n) is 5.90. The number of amides is 3. The van der Waals surface area contributed by atoms with E-state index < -0.39 is 11.9 Å². The lowest BCUT2D eigenvalue weighted by Gasteiger charge is -2.21. The maximum Gasteiger partial charge on any atom is 0.256 e. The van der Waals surface area contributed by atoms with Crippen LogP contribution in [0.15, 0.2) is 42.5 Å². The van der Waals surface area contributed by atoms with Gasteiger partial charge in [-0.2, -0.15) is 0 Å². The number of carbonyl (C=O) groups excluding carboxylic acids is 3. The van der Waals surface area contributed by atoms with Gasteiger partial charge >= 0.3 is 0 Å². The Hall–Kier alpha value is -4.03. The first-order chi connectivity index (χ1) is 17.3. The number of aryl methyl sites for hydroxylation is 1. The topological polar surface area (TPSA) is 132 Å². The van der Waals surface area contributed by atoms with E-state index in [1.807, 2.05) is 18.2 Å². The molecular formula is C27H34N4O5. The van der Waals surface area contributed by atoms with E-state index in [0.717, 1.165) is 18.4 Å². The Balaban J connectivity index is 0.000000297. The molecule has 3 atom stereocenters. The maximum atomic E-state index is 12.5. The largest absolute Gasteiger partial charge is 0.496 e. The molecule has 0 aliphatic heterocycles. The van der Waals surface area contributed by atoms with Crippen LogP contribution in [0.25, 0.3) is 0 Å². The average Bonchev–Trinajstić information content (AvgIpc) is 3.30. The molecule has 0 saturated heterocycles. The highest BCUT2D eigenvalue weighted by molar-refractivity contribution is 5.98. The van der Waals surface area contributed by atoms with Crippen molar-refractivity contribution in [2.45, 2.75) is 44.3 Å². The van der Waals surface area contributed by atoms with Crippen molar-refractivity contribution in [3.05, 3.63) is 59.2 Å². The molecule has 5 N–H and O–H groups in total. The van der Waals surface area contributed by atoms with Gasteiger partial charge < -0.3 is 31.2 Å². The quantitative estimate of drug-likeness (QED) is 0.393. The molecule has 0 fully saturated rings. The van der Waals surface area contributed by atoms with Gasteiger partial charge in [0.25, 0.3) is 5.91 Å². The van der Waals surface area contributed by atoms with Gasteiger partial charge in [0.1, 0.15) is 23.1 Å². The molecule has 9 heteroatoms. The highest BCUT2D eigenvalue weighted by atomic mass is 16.5. The van der Waals surface area contributed by atoms with E-state index >= 15 is 0 Å². The van der Waals surface area contributed by atoms with Crippen molar-refractivity contribution >= 4 is 17.7 Å². The number of rotatable bonds is 9. The van der Waals surface area contributed by atoms with Gasteiger partial charge in [-0.25, -0.2) is 0 Å². The normalized spacial score (nSPS) is 15.1. The predicted octanol–water partition coefficient (Wildman–Crippen LogP) is 1.71. The van der Waals surface area contributed by atoms with Crippen LogP contribution in [0.3, 0.4) is 0 Å². The summed E-state index contributed by atoms with van der Waals surface area (Å²) in [5, 5.41) is 8.56. The van der Waals surface area contributed by atoms with Gasteiger partial charge in [-0.15, -0.1) is 12.3 Å². The second-order valence-corrected chi connectivity index (χ2v) is 8.18. The van der Waals surface area contributed by atoms with E-state index in [0.29, 0.717) is 11.5 Å². The summed E-state index contributed by atoms with van der Waals surface area (Å²) in [5.41, 5.74) is 7.85. The molecule has 9 nitrogen and oxygen atoms in total. The highest BCUT2D eigenvalue weighted by Gasteiger charge is 2.28. The molecule has 2 unspecified atom stereocenters. The van der Waals surface area contributed by atoms with Crippen LogP contribution in [0.5, 0.6) is 11.5 Å². The van der Waals surface area contributed by atoms with Gasteiger partial charge in [0.05, 0.1) is 26.3 Å². The van der Waals surface area contributed by atoms with E-state index in [1.165, 1.54) is 19.8 Å². The summed E-state index contributed by atoms with van der Waals surface area (Å²) in [4.78, 5) is 35.5. The number of likely N-dealkylation sites (N-methyl/N-ethyl adjacent to an activating group) is 1. The number of methoxy groups -OCH3 is 2. The van der Waals surface area contributed by atoms with Gasteiger partial charge in [-0.05, 0) is 50.1 Å². The van der Waals surface area contributed by atoms with Crippen LogP contribution >= 0.6 is 0 Å². The van der Waals surface area contributed by atoms with Gasteiger partial charge in [0, 0.05) is 6.42 Å². The molecule has 0 aromatic heterocycles. The number of benzene rings is 2. The summed E-state index contributed by atoms with van der Waals surface area (Å²) >= 11 is 0. The zero-order chi connectivity index (χ0) is 26.7. The van der Waals surface area contributed by atoms with Crippen molar-refractivity contribution in [1.82, 2.24) is 16.0 Å². The molecule has 2 aromatic carbocycles. The first-order valence-electron chi connectivity index (χ1n) is 11.6. The molecule has 1 aliphatic rings. The minimum absolute atomic E-state index is 0.0161. The first-order valence-corrected chi connectivity index (χ1v) is 11.6. The fourth-order valence-corrected chi connectivity index (χ4v) is 3.83. The van der Waals surface area contributed by atoms with Gasteiger partial charge in [-0.1, -0.05) is 30.3 Å². The number of primary amides is 1. The minimum Gasteiger partial charge on any atom is -0.496 e. The van der Waals surface area contributed by atoms with Crippen LogP contribution in [-0.4, -0.2) is 51.1 Å². The maximum absolute atomic E-state index is 12.5. The van der Waals surface area contributed by atoms with E-state index in [2.05, 4.69) is 27.9 Å². The summed E-state index contributed by atoms with van der Waals surface area (Å²) in [6.45, 7) is 1.73.